The SMILES string of the molecule is O=C(O)[C@@H]1CC/C=C\CCC1. The Morgan fingerprint density at radius 1 is 1.27 bits per heavy atom. The van der Waals surface area contributed by atoms with Crippen molar-refractivity contribution in [3.8, 4) is 0 Å². The monoisotopic (exact) mass is 154 g/mol. The lowest BCUT2D eigenvalue weighted by atomic mass is 9.94. The highest BCUT2D eigenvalue weighted by Crippen LogP contribution is 2.18. The molecule has 0 bridgehead atoms. The van der Waals surface area contributed by atoms with Crippen LogP contribution in [0.2, 0.25) is 0 Å². The molecule has 0 heterocycles. The summed E-state index contributed by atoms with van der Waals surface area (Å²) in [5.74, 6) is -0.722. The molecule has 1 aliphatic rings. The molecular weight excluding hydrogens is 140 g/mol. The van der Waals surface area contributed by atoms with Gasteiger partial charge >= 0.3 is 5.97 Å². The van der Waals surface area contributed by atoms with Gasteiger partial charge in [0.15, 0.2) is 0 Å². The van der Waals surface area contributed by atoms with Crippen molar-refractivity contribution in [3.05, 3.63) is 12.2 Å². The van der Waals surface area contributed by atoms with Gasteiger partial charge in [0, 0.05) is 0 Å². The third kappa shape index (κ3) is 2.74. The van der Waals surface area contributed by atoms with Crippen molar-refractivity contribution in [1.29, 1.82) is 0 Å². The third-order valence-corrected chi connectivity index (χ3v) is 2.12. The minimum Gasteiger partial charge on any atom is -0.481 e. The molecule has 0 amide bonds. The molecule has 2 nitrogen and oxygen atoms in total. The standard InChI is InChI=1S/C9H14O2/c10-9(11)8-6-4-2-1-3-5-7-8/h1-2,8H,3-7H2,(H,10,11)/b2-1-/t8-/m1/s1. The molecule has 0 spiro atoms. The second-order valence-electron chi connectivity index (χ2n) is 3.01. The van der Waals surface area contributed by atoms with E-state index in [1.165, 1.54) is 0 Å². The van der Waals surface area contributed by atoms with Crippen LogP contribution in [0.15, 0.2) is 12.2 Å². The second kappa shape index (κ2) is 4.16. The maximum atomic E-state index is 10.6. The topological polar surface area (TPSA) is 37.3 Å². The van der Waals surface area contributed by atoms with E-state index in [-0.39, 0.29) is 5.92 Å². The summed E-state index contributed by atoms with van der Waals surface area (Å²) in [5, 5.41) is 8.73. The van der Waals surface area contributed by atoms with Crippen LogP contribution in [0.25, 0.3) is 0 Å². The average molecular weight is 154 g/mol. The van der Waals surface area contributed by atoms with Crippen LogP contribution in [0.1, 0.15) is 32.1 Å². The van der Waals surface area contributed by atoms with Crippen molar-refractivity contribution in [3.63, 3.8) is 0 Å². The van der Waals surface area contributed by atoms with Crippen molar-refractivity contribution >= 4 is 5.97 Å². The van der Waals surface area contributed by atoms with E-state index in [2.05, 4.69) is 12.2 Å². The summed E-state index contributed by atoms with van der Waals surface area (Å²) in [6.07, 6.45) is 8.90. The van der Waals surface area contributed by atoms with Crippen LogP contribution in [0.3, 0.4) is 0 Å². The molecule has 0 aliphatic heterocycles. The Labute approximate surface area is 66.9 Å². The van der Waals surface area contributed by atoms with Gasteiger partial charge in [-0.05, 0) is 32.1 Å². The van der Waals surface area contributed by atoms with Gasteiger partial charge in [-0.3, -0.25) is 4.79 Å². The van der Waals surface area contributed by atoms with E-state index in [1.54, 1.807) is 0 Å². The van der Waals surface area contributed by atoms with Crippen LogP contribution in [0, 0.1) is 5.92 Å². The van der Waals surface area contributed by atoms with Crippen molar-refractivity contribution in [2.75, 3.05) is 0 Å². The molecule has 1 N–H and O–H groups in total. The Kier molecular flexibility index (Phi) is 3.14. The fourth-order valence-corrected chi connectivity index (χ4v) is 1.41. The molecule has 1 rings (SSSR count). The smallest absolute Gasteiger partial charge is 0.306 e. The van der Waals surface area contributed by atoms with E-state index in [4.69, 9.17) is 5.11 Å². The Balaban J connectivity index is 2.42. The predicted molar refractivity (Wildman–Crippen MR) is 43.4 cm³/mol. The number of carbonyl (C=O) groups is 1. The molecule has 62 valence electrons. The molecule has 0 aromatic carbocycles. The Hall–Kier alpha value is -0.790. The molecule has 0 radical (unpaired) electrons. The van der Waals surface area contributed by atoms with Gasteiger partial charge in [0.1, 0.15) is 0 Å². The highest BCUT2D eigenvalue weighted by Gasteiger charge is 2.16. The zero-order valence-corrected chi connectivity index (χ0v) is 6.62. The van der Waals surface area contributed by atoms with Crippen molar-refractivity contribution in [2.45, 2.75) is 32.1 Å². The molecule has 0 aromatic rings. The van der Waals surface area contributed by atoms with Gasteiger partial charge in [0.05, 0.1) is 5.92 Å². The second-order valence-corrected chi connectivity index (χ2v) is 3.01. The summed E-state index contributed by atoms with van der Waals surface area (Å²) in [6, 6.07) is 0. The van der Waals surface area contributed by atoms with Gasteiger partial charge in [-0.2, -0.15) is 0 Å². The van der Waals surface area contributed by atoms with E-state index in [0.717, 1.165) is 32.1 Å². The zero-order chi connectivity index (χ0) is 8.10. The van der Waals surface area contributed by atoms with Crippen LogP contribution in [-0.2, 0) is 4.79 Å². The van der Waals surface area contributed by atoms with Gasteiger partial charge in [-0.1, -0.05) is 12.2 Å². The minimum atomic E-state index is -0.625. The van der Waals surface area contributed by atoms with E-state index in [1.807, 2.05) is 0 Å². The molecule has 0 saturated heterocycles. The van der Waals surface area contributed by atoms with Crippen LogP contribution in [-0.4, -0.2) is 11.1 Å². The predicted octanol–water partition coefficient (Wildman–Crippen LogP) is 2.21. The quantitative estimate of drug-likeness (QED) is 0.588. The first-order chi connectivity index (χ1) is 5.30. The number of aliphatic carboxylic acids is 1. The van der Waals surface area contributed by atoms with E-state index in [0.29, 0.717) is 0 Å². The number of carboxylic acids is 1. The van der Waals surface area contributed by atoms with E-state index < -0.39 is 5.97 Å². The highest BCUT2D eigenvalue weighted by atomic mass is 16.4. The van der Waals surface area contributed by atoms with Crippen LogP contribution in [0.4, 0.5) is 0 Å². The maximum absolute atomic E-state index is 10.6. The summed E-state index contributed by atoms with van der Waals surface area (Å²) in [5.41, 5.74) is 0. The van der Waals surface area contributed by atoms with Gasteiger partial charge < -0.3 is 5.11 Å². The van der Waals surface area contributed by atoms with Crippen LogP contribution < -0.4 is 0 Å². The highest BCUT2D eigenvalue weighted by molar-refractivity contribution is 5.69. The first kappa shape index (κ1) is 8.31. The number of hydrogen-bond acceptors (Lipinski definition) is 1. The summed E-state index contributed by atoms with van der Waals surface area (Å²) in [7, 11) is 0. The van der Waals surface area contributed by atoms with E-state index >= 15 is 0 Å². The van der Waals surface area contributed by atoms with Crippen molar-refractivity contribution < 1.29 is 9.90 Å². The third-order valence-electron chi connectivity index (χ3n) is 2.12. The van der Waals surface area contributed by atoms with E-state index in [9.17, 15) is 4.79 Å². The summed E-state index contributed by atoms with van der Waals surface area (Å²) in [6.45, 7) is 0. The summed E-state index contributed by atoms with van der Waals surface area (Å²) < 4.78 is 0. The Morgan fingerprint density at radius 3 is 2.73 bits per heavy atom. The molecular formula is C9H14O2. The lowest BCUT2D eigenvalue weighted by molar-refractivity contribution is -0.142. The first-order valence-electron chi connectivity index (χ1n) is 4.18. The van der Waals surface area contributed by atoms with Crippen LogP contribution >= 0.6 is 0 Å². The number of hydrogen-bond donors (Lipinski definition) is 1. The first-order valence-corrected chi connectivity index (χ1v) is 4.18. The summed E-state index contributed by atoms with van der Waals surface area (Å²) >= 11 is 0. The van der Waals surface area contributed by atoms with Gasteiger partial charge in [0.2, 0.25) is 0 Å². The minimum absolute atomic E-state index is 0.0973. The molecule has 0 saturated carbocycles. The lowest BCUT2D eigenvalue weighted by Gasteiger charge is -2.11. The number of carboxylic acid groups (broad SMARTS) is 1. The molecule has 11 heavy (non-hydrogen) atoms. The lowest BCUT2D eigenvalue weighted by Crippen LogP contribution is -2.13. The maximum Gasteiger partial charge on any atom is 0.306 e. The molecule has 1 atom stereocenters. The van der Waals surface area contributed by atoms with Gasteiger partial charge in [0.25, 0.3) is 0 Å². The zero-order valence-electron chi connectivity index (χ0n) is 6.62. The molecule has 0 unspecified atom stereocenters. The van der Waals surface area contributed by atoms with Crippen molar-refractivity contribution in [2.24, 2.45) is 5.92 Å². The number of allylic oxidation sites excluding steroid dienone is 2. The molecule has 0 aromatic heterocycles. The normalized spacial score (nSPS) is 28.5. The van der Waals surface area contributed by atoms with Gasteiger partial charge in [-0.15, -0.1) is 0 Å². The average Bonchev–Trinajstić information content (AvgIpc) is 1.84. The molecule has 0 fully saturated rings. The summed E-state index contributed by atoms with van der Waals surface area (Å²) in [4.78, 5) is 10.6. The fraction of sp³-hybridized carbons (Fsp3) is 0.667. The molecule has 2 heteroatoms. The molecule has 1 aliphatic carbocycles. The van der Waals surface area contributed by atoms with Crippen molar-refractivity contribution in [1.82, 2.24) is 0 Å². The van der Waals surface area contributed by atoms with Gasteiger partial charge in [-0.25, -0.2) is 0 Å². The Morgan fingerprint density at radius 2 is 2.00 bits per heavy atom. The fourth-order valence-electron chi connectivity index (χ4n) is 1.41. The van der Waals surface area contributed by atoms with Crippen LogP contribution in [0.5, 0.6) is 0 Å². The largest absolute Gasteiger partial charge is 0.481 e. The number of rotatable bonds is 1. The Bertz CT molecular complexity index is 161.